The van der Waals surface area contributed by atoms with Crippen LogP contribution in [0.1, 0.15) is 48.2 Å². The third-order valence-electron chi connectivity index (χ3n) is 5.85. The van der Waals surface area contributed by atoms with E-state index in [1.54, 1.807) is 0 Å². The van der Waals surface area contributed by atoms with Gasteiger partial charge in [0.25, 0.3) is 0 Å². The number of aryl methyl sites for hydroxylation is 2. The molecular weight excluding hydrogens is 338 g/mol. The smallest absolute Gasteiger partial charge is 0.222 e. The van der Waals surface area contributed by atoms with E-state index in [4.69, 9.17) is 4.74 Å². The standard InChI is InChI=1S/C22H27N3O2/c1-16-19(17(2)24-23-16)8-9-21(26)25-14-5-11-22(13-15-25)12-10-18-6-3-4-7-20(18)27-22/h3-4,6-7,10,12H,5,8-9,11,13-15H2,1-2H3,(H,23,24)/t22-/m0/s1. The Morgan fingerprint density at radius 1 is 1.26 bits per heavy atom. The van der Waals surface area contributed by atoms with Crippen LogP contribution >= 0.6 is 0 Å². The Balaban J connectivity index is 1.38. The minimum absolute atomic E-state index is 0.229. The van der Waals surface area contributed by atoms with Gasteiger partial charge in [-0.25, -0.2) is 0 Å². The van der Waals surface area contributed by atoms with Crippen LogP contribution in [0, 0.1) is 13.8 Å². The number of amides is 1. The number of carbonyl (C=O) groups excluding carboxylic acids is 1. The normalized spacial score (nSPS) is 21.6. The van der Waals surface area contributed by atoms with Gasteiger partial charge in [0.2, 0.25) is 5.91 Å². The Bertz CT molecular complexity index is 851. The average Bonchev–Trinajstić information content (AvgIpc) is 2.87. The molecular formula is C22H27N3O2. The number of likely N-dealkylation sites (tertiary alicyclic amines) is 1. The second-order valence-electron chi connectivity index (χ2n) is 7.68. The largest absolute Gasteiger partial charge is 0.483 e. The van der Waals surface area contributed by atoms with Crippen LogP contribution in [0.5, 0.6) is 5.75 Å². The van der Waals surface area contributed by atoms with Gasteiger partial charge in [0.15, 0.2) is 0 Å². The van der Waals surface area contributed by atoms with E-state index in [-0.39, 0.29) is 11.5 Å². The van der Waals surface area contributed by atoms with E-state index in [0.29, 0.717) is 6.42 Å². The highest BCUT2D eigenvalue weighted by molar-refractivity contribution is 5.76. The molecule has 0 bridgehead atoms. The van der Waals surface area contributed by atoms with Gasteiger partial charge in [0.1, 0.15) is 11.4 Å². The molecule has 1 spiro atoms. The SMILES string of the molecule is Cc1n[nH]c(C)c1CCC(=O)N1CCC[C@]2(C=Cc3ccccc3O2)CC1. The van der Waals surface area contributed by atoms with Crippen LogP contribution < -0.4 is 4.74 Å². The molecule has 1 aromatic carbocycles. The summed E-state index contributed by atoms with van der Waals surface area (Å²) in [6, 6.07) is 8.15. The lowest BCUT2D eigenvalue weighted by Gasteiger charge is -2.34. The van der Waals surface area contributed by atoms with E-state index in [1.807, 2.05) is 36.9 Å². The highest BCUT2D eigenvalue weighted by Gasteiger charge is 2.35. The summed E-state index contributed by atoms with van der Waals surface area (Å²) in [7, 11) is 0. The van der Waals surface area contributed by atoms with E-state index in [9.17, 15) is 4.79 Å². The van der Waals surface area contributed by atoms with Crippen molar-refractivity contribution in [2.45, 2.75) is 51.6 Å². The first-order chi connectivity index (χ1) is 13.1. The molecule has 0 aliphatic carbocycles. The molecule has 1 amide bonds. The zero-order valence-corrected chi connectivity index (χ0v) is 16.1. The number of H-pyrrole nitrogens is 1. The summed E-state index contributed by atoms with van der Waals surface area (Å²) < 4.78 is 6.38. The summed E-state index contributed by atoms with van der Waals surface area (Å²) in [6.45, 7) is 5.56. The molecule has 1 N–H and O–H groups in total. The fourth-order valence-corrected chi connectivity index (χ4v) is 4.19. The van der Waals surface area contributed by atoms with Crippen LogP contribution in [0.4, 0.5) is 0 Å². The molecule has 1 aromatic heterocycles. The lowest BCUT2D eigenvalue weighted by molar-refractivity contribution is -0.131. The van der Waals surface area contributed by atoms with Crippen molar-refractivity contribution < 1.29 is 9.53 Å². The van der Waals surface area contributed by atoms with Crippen LogP contribution in [-0.2, 0) is 11.2 Å². The number of ether oxygens (including phenoxy) is 1. The molecule has 3 heterocycles. The van der Waals surface area contributed by atoms with Crippen LogP contribution in [0.2, 0.25) is 0 Å². The number of carbonyl (C=O) groups is 1. The molecule has 4 rings (SSSR count). The van der Waals surface area contributed by atoms with E-state index in [0.717, 1.165) is 61.5 Å². The van der Waals surface area contributed by atoms with E-state index >= 15 is 0 Å². The topological polar surface area (TPSA) is 58.2 Å². The fourth-order valence-electron chi connectivity index (χ4n) is 4.19. The molecule has 2 aromatic rings. The molecule has 5 heteroatoms. The Kier molecular flexibility index (Phi) is 4.77. The van der Waals surface area contributed by atoms with Crippen molar-refractivity contribution >= 4 is 12.0 Å². The molecule has 2 aliphatic heterocycles. The van der Waals surface area contributed by atoms with Crippen LogP contribution in [0.3, 0.4) is 0 Å². The highest BCUT2D eigenvalue weighted by atomic mass is 16.5. The Morgan fingerprint density at radius 2 is 2.11 bits per heavy atom. The monoisotopic (exact) mass is 365 g/mol. The van der Waals surface area contributed by atoms with E-state index in [1.165, 1.54) is 5.56 Å². The molecule has 0 unspecified atom stereocenters. The van der Waals surface area contributed by atoms with Crippen molar-refractivity contribution in [1.82, 2.24) is 15.1 Å². The molecule has 27 heavy (non-hydrogen) atoms. The summed E-state index contributed by atoms with van der Waals surface area (Å²) in [6.07, 6.45) is 8.39. The second-order valence-corrected chi connectivity index (χ2v) is 7.68. The summed E-state index contributed by atoms with van der Waals surface area (Å²) in [4.78, 5) is 14.8. The lowest BCUT2D eigenvalue weighted by atomic mass is 9.91. The average molecular weight is 365 g/mol. The van der Waals surface area contributed by atoms with Crippen molar-refractivity contribution in [2.75, 3.05) is 13.1 Å². The first-order valence-corrected chi connectivity index (χ1v) is 9.82. The summed E-state index contributed by atoms with van der Waals surface area (Å²) in [5.41, 5.74) is 4.08. The number of fused-ring (bicyclic) bond motifs is 1. The van der Waals surface area contributed by atoms with Crippen molar-refractivity contribution in [3.05, 3.63) is 52.9 Å². The number of aromatic nitrogens is 2. The van der Waals surface area contributed by atoms with Gasteiger partial charge < -0.3 is 9.64 Å². The maximum atomic E-state index is 12.8. The highest BCUT2D eigenvalue weighted by Crippen LogP contribution is 2.37. The molecule has 1 saturated heterocycles. The van der Waals surface area contributed by atoms with Gasteiger partial charge in [-0.2, -0.15) is 5.10 Å². The minimum Gasteiger partial charge on any atom is -0.483 e. The number of para-hydroxylation sites is 1. The number of benzene rings is 1. The van der Waals surface area contributed by atoms with Gasteiger partial charge in [-0.1, -0.05) is 24.3 Å². The van der Waals surface area contributed by atoms with E-state index < -0.39 is 0 Å². The van der Waals surface area contributed by atoms with Gasteiger partial charge in [-0.05, 0) is 50.8 Å². The Hall–Kier alpha value is -2.56. The molecule has 1 fully saturated rings. The predicted molar refractivity (Wildman–Crippen MR) is 106 cm³/mol. The fraction of sp³-hybridized carbons (Fsp3) is 0.455. The number of nitrogens with one attached hydrogen (secondary N) is 1. The lowest BCUT2D eigenvalue weighted by Crippen LogP contribution is -2.38. The van der Waals surface area contributed by atoms with Crippen molar-refractivity contribution in [2.24, 2.45) is 0 Å². The number of rotatable bonds is 3. The van der Waals surface area contributed by atoms with Crippen LogP contribution in [0.25, 0.3) is 6.08 Å². The van der Waals surface area contributed by atoms with Crippen molar-refractivity contribution in [3.8, 4) is 5.75 Å². The minimum atomic E-state index is -0.277. The predicted octanol–water partition coefficient (Wildman–Crippen LogP) is 3.82. The number of nitrogens with zero attached hydrogens (tertiary/aromatic N) is 2. The molecule has 5 nitrogen and oxygen atoms in total. The molecule has 0 radical (unpaired) electrons. The first kappa shape index (κ1) is 17.8. The maximum absolute atomic E-state index is 12.8. The summed E-state index contributed by atoms with van der Waals surface area (Å²) in [5.74, 6) is 1.18. The molecule has 142 valence electrons. The molecule has 2 aliphatic rings. The van der Waals surface area contributed by atoms with Gasteiger partial charge in [-0.15, -0.1) is 0 Å². The van der Waals surface area contributed by atoms with Gasteiger partial charge in [0, 0.05) is 37.2 Å². The van der Waals surface area contributed by atoms with Crippen molar-refractivity contribution in [1.29, 1.82) is 0 Å². The van der Waals surface area contributed by atoms with Gasteiger partial charge in [0.05, 0.1) is 5.69 Å². The quantitative estimate of drug-likeness (QED) is 0.900. The van der Waals surface area contributed by atoms with Crippen LogP contribution in [0.15, 0.2) is 30.3 Å². The zero-order chi connectivity index (χ0) is 18.9. The maximum Gasteiger partial charge on any atom is 0.222 e. The second kappa shape index (κ2) is 7.22. The molecule has 1 atom stereocenters. The van der Waals surface area contributed by atoms with Crippen LogP contribution in [-0.4, -0.2) is 39.7 Å². The number of aromatic amines is 1. The Labute approximate surface area is 160 Å². The van der Waals surface area contributed by atoms with E-state index in [2.05, 4.69) is 28.4 Å². The summed E-state index contributed by atoms with van der Waals surface area (Å²) in [5, 5.41) is 7.22. The third-order valence-corrected chi connectivity index (χ3v) is 5.85. The summed E-state index contributed by atoms with van der Waals surface area (Å²) >= 11 is 0. The van der Waals surface area contributed by atoms with Gasteiger partial charge >= 0.3 is 0 Å². The molecule has 0 saturated carbocycles. The van der Waals surface area contributed by atoms with Gasteiger partial charge in [-0.3, -0.25) is 9.89 Å². The Morgan fingerprint density at radius 3 is 2.93 bits per heavy atom. The first-order valence-electron chi connectivity index (χ1n) is 9.82. The van der Waals surface area contributed by atoms with Crippen molar-refractivity contribution in [3.63, 3.8) is 0 Å². The number of hydrogen-bond donors (Lipinski definition) is 1. The third kappa shape index (κ3) is 3.64. The zero-order valence-electron chi connectivity index (χ0n) is 16.1. The number of hydrogen-bond acceptors (Lipinski definition) is 3.